The van der Waals surface area contributed by atoms with Gasteiger partial charge in [-0.15, -0.1) is 0 Å². The van der Waals surface area contributed by atoms with Gasteiger partial charge in [-0.2, -0.15) is 0 Å². The van der Waals surface area contributed by atoms with Gasteiger partial charge in [-0.05, 0) is 36.8 Å². The Kier molecular flexibility index (Phi) is 3.95. The first-order chi connectivity index (χ1) is 14.1. The van der Waals surface area contributed by atoms with E-state index in [0.717, 1.165) is 22.1 Å². The molecule has 0 spiro atoms. The van der Waals surface area contributed by atoms with Crippen LogP contribution in [0.1, 0.15) is 22.6 Å². The molecular weight excluding hydrogens is 366 g/mol. The Morgan fingerprint density at radius 3 is 2.24 bits per heavy atom. The number of carbonyl (C=O) groups is 1. The summed E-state index contributed by atoms with van der Waals surface area (Å²) in [6.07, 6.45) is 0. The molecule has 0 atom stereocenters. The van der Waals surface area contributed by atoms with Gasteiger partial charge in [0, 0.05) is 34.3 Å². The average Bonchev–Trinajstić information content (AvgIpc) is 2.71. The SMILES string of the molecule is Cc1cc(=O)oc2cc(NC(=O)C3c4ccccc4Oc4ccccc43)ccc12. The van der Waals surface area contributed by atoms with E-state index >= 15 is 0 Å². The Balaban J connectivity index is 1.55. The molecule has 4 aromatic rings. The van der Waals surface area contributed by atoms with E-state index in [1.165, 1.54) is 6.07 Å². The number of aryl methyl sites for hydroxylation is 1. The molecule has 0 bridgehead atoms. The molecule has 1 aliphatic heterocycles. The van der Waals surface area contributed by atoms with Gasteiger partial charge in [-0.3, -0.25) is 4.79 Å². The molecule has 1 amide bonds. The van der Waals surface area contributed by atoms with Crippen LogP contribution in [0.2, 0.25) is 0 Å². The van der Waals surface area contributed by atoms with Crippen LogP contribution >= 0.6 is 0 Å². The first kappa shape index (κ1) is 17.3. The lowest BCUT2D eigenvalue weighted by Gasteiger charge is -2.27. The van der Waals surface area contributed by atoms with Crippen LogP contribution in [0, 0.1) is 6.92 Å². The second-order valence-corrected chi connectivity index (χ2v) is 7.06. The second-order valence-electron chi connectivity index (χ2n) is 7.06. The van der Waals surface area contributed by atoms with Gasteiger partial charge in [0.25, 0.3) is 0 Å². The molecule has 0 saturated carbocycles. The van der Waals surface area contributed by atoms with Crippen molar-refractivity contribution in [3.05, 3.63) is 99.9 Å². The summed E-state index contributed by atoms with van der Waals surface area (Å²) in [5.41, 5.74) is 3.06. The second kappa shape index (κ2) is 6.63. The molecule has 2 heterocycles. The minimum Gasteiger partial charge on any atom is -0.457 e. The standard InChI is InChI=1S/C24H17NO4/c1-14-12-22(26)29-21-13-15(10-11-16(14)21)25-24(27)23-17-6-2-4-8-19(17)28-20-9-5-3-7-18(20)23/h2-13,23H,1H3,(H,25,27). The predicted octanol–water partition coefficient (Wildman–Crippen LogP) is 4.98. The topological polar surface area (TPSA) is 68.5 Å². The highest BCUT2D eigenvalue weighted by atomic mass is 16.5. The van der Waals surface area contributed by atoms with Crippen molar-refractivity contribution in [1.82, 2.24) is 0 Å². The van der Waals surface area contributed by atoms with Crippen molar-refractivity contribution in [2.24, 2.45) is 0 Å². The van der Waals surface area contributed by atoms with E-state index in [9.17, 15) is 9.59 Å². The molecule has 1 aromatic heterocycles. The highest BCUT2D eigenvalue weighted by molar-refractivity contribution is 6.00. The number of anilines is 1. The number of fused-ring (bicyclic) bond motifs is 3. The molecular formula is C24H17NO4. The fourth-order valence-electron chi connectivity index (χ4n) is 3.81. The molecule has 0 radical (unpaired) electrons. The summed E-state index contributed by atoms with van der Waals surface area (Å²) < 4.78 is 11.3. The number of para-hydroxylation sites is 2. The van der Waals surface area contributed by atoms with Gasteiger partial charge in [-0.25, -0.2) is 4.79 Å². The number of nitrogens with one attached hydrogen (secondary N) is 1. The first-order valence-corrected chi connectivity index (χ1v) is 9.31. The summed E-state index contributed by atoms with van der Waals surface area (Å²) in [5.74, 6) is 0.664. The van der Waals surface area contributed by atoms with Crippen LogP contribution in [0.5, 0.6) is 11.5 Å². The summed E-state index contributed by atoms with van der Waals surface area (Å²) >= 11 is 0. The molecule has 142 valence electrons. The molecule has 5 heteroatoms. The van der Waals surface area contributed by atoms with E-state index in [1.54, 1.807) is 6.07 Å². The lowest BCUT2D eigenvalue weighted by atomic mass is 9.87. The van der Waals surface area contributed by atoms with Crippen molar-refractivity contribution < 1.29 is 13.9 Å². The van der Waals surface area contributed by atoms with Gasteiger partial charge in [0.2, 0.25) is 5.91 Å². The Labute approximate surface area is 166 Å². The van der Waals surface area contributed by atoms with Gasteiger partial charge < -0.3 is 14.5 Å². The third-order valence-corrected chi connectivity index (χ3v) is 5.16. The Hall–Kier alpha value is -3.86. The van der Waals surface area contributed by atoms with Crippen molar-refractivity contribution in [1.29, 1.82) is 0 Å². The maximum Gasteiger partial charge on any atom is 0.336 e. The third kappa shape index (κ3) is 2.97. The van der Waals surface area contributed by atoms with Gasteiger partial charge >= 0.3 is 5.63 Å². The summed E-state index contributed by atoms with van der Waals surface area (Å²) in [4.78, 5) is 25.0. The number of hydrogen-bond acceptors (Lipinski definition) is 4. The number of carbonyl (C=O) groups excluding carboxylic acids is 1. The molecule has 29 heavy (non-hydrogen) atoms. The molecule has 3 aromatic carbocycles. The molecule has 0 unspecified atom stereocenters. The molecule has 1 aliphatic rings. The number of benzene rings is 3. The summed E-state index contributed by atoms with van der Waals surface area (Å²) in [5, 5.41) is 3.81. The van der Waals surface area contributed by atoms with E-state index in [1.807, 2.05) is 67.6 Å². The van der Waals surface area contributed by atoms with E-state index in [4.69, 9.17) is 9.15 Å². The predicted molar refractivity (Wildman–Crippen MR) is 111 cm³/mol. The Morgan fingerprint density at radius 2 is 1.55 bits per heavy atom. The normalized spacial score (nSPS) is 12.7. The van der Waals surface area contributed by atoms with Crippen molar-refractivity contribution in [3.63, 3.8) is 0 Å². The summed E-state index contributed by atoms with van der Waals surface area (Å²) in [6, 6.07) is 21.9. The number of hydrogen-bond donors (Lipinski definition) is 1. The van der Waals surface area contributed by atoms with E-state index in [0.29, 0.717) is 22.8 Å². The zero-order chi connectivity index (χ0) is 20.0. The molecule has 5 nitrogen and oxygen atoms in total. The summed E-state index contributed by atoms with van der Waals surface area (Å²) in [6.45, 7) is 1.85. The lowest BCUT2D eigenvalue weighted by molar-refractivity contribution is -0.116. The highest BCUT2D eigenvalue weighted by Gasteiger charge is 2.32. The zero-order valence-corrected chi connectivity index (χ0v) is 15.6. The summed E-state index contributed by atoms with van der Waals surface area (Å²) in [7, 11) is 0. The van der Waals surface area contributed by atoms with Crippen molar-refractivity contribution in [3.8, 4) is 11.5 Å². The maximum absolute atomic E-state index is 13.3. The largest absolute Gasteiger partial charge is 0.457 e. The van der Waals surface area contributed by atoms with Crippen LogP contribution < -0.4 is 15.7 Å². The van der Waals surface area contributed by atoms with Crippen LogP contribution in [-0.2, 0) is 4.79 Å². The number of rotatable bonds is 2. The highest BCUT2D eigenvalue weighted by Crippen LogP contribution is 2.44. The van der Waals surface area contributed by atoms with Gasteiger partial charge in [0.1, 0.15) is 17.1 Å². The number of amides is 1. The van der Waals surface area contributed by atoms with Gasteiger partial charge in [0.15, 0.2) is 0 Å². The van der Waals surface area contributed by atoms with E-state index in [2.05, 4.69) is 5.32 Å². The fraction of sp³-hybridized carbons (Fsp3) is 0.0833. The average molecular weight is 383 g/mol. The van der Waals surface area contributed by atoms with Crippen molar-refractivity contribution >= 4 is 22.6 Å². The molecule has 0 aliphatic carbocycles. The fourth-order valence-corrected chi connectivity index (χ4v) is 3.81. The van der Waals surface area contributed by atoms with Crippen molar-refractivity contribution in [2.75, 3.05) is 5.32 Å². The minimum atomic E-state index is -0.503. The molecule has 0 fully saturated rings. The maximum atomic E-state index is 13.3. The lowest BCUT2D eigenvalue weighted by Crippen LogP contribution is -2.25. The van der Waals surface area contributed by atoms with Crippen LogP contribution in [0.25, 0.3) is 11.0 Å². The van der Waals surface area contributed by atoms with E-state index in [-0.39, 0.29) is 5.91 Å². The Morgan fingerprint density at radius 1 is 0.897 bits per heavy atom. The van der Waals surface area contributed by atoms with Crippen molar-refractivity contribution in [2.45, 2.75) is 12.8 Å². The third-order valence-electron chi connectivity index (χ3n) is 5.16. The van der Waals surface area contributed by atoms with Gasteiger partial charge in [0.05, 0.1) is 5.92 Å². The quantitative estimate of drug-likeness (QED) is 0.496. The Bertz CT molecular complexity index is 1280. The molecule has 1 N–H and O–H groups in total. The van der Waals surface area contributed by atoms with Crippen LogP contribution in [0.3, 0.4) is 0 Å². The smallest absolute Gasteiger partial charge is 0.336 e. The monoisotopic (exact) mass is 383 g/mol. The first-order valence-electron chi connectivity index (χ1n) is 9.31. The number of ether oxygens (including phenoxy) is 1. The van der Waals surface area contributed by atoms with E-state index < -0.39 is 11.5 Å². The minimum absolute atomic E-state index is 0.178. The van der Waals surface area contributed by atoms with Crippen LogP contribution in [-0.4, -0.2) is 5.91 Å². The zero-order valence-electron chi connectivity index (χ0n) is 15.6. The van der Waals surface area contributed by atoms with Gasteiger partial charge in [-0.1, -0.05) is 36.4 Å². The molecule has 0 saturated heterocycles. The molecule has 5 rings (SSSR count). The van der Waals surface area contributed by atoms with Crippen LogP contribution in [0.15, 0.2) is 82.0 Å². The van der Waals surface area contributed by atoms with Crippen LogP contribution in [0.4, 0.5) is 5.69 Å².